The average molecular weight is 404 g/mol. The van der Waals surface area contributed by atoms with Gasteiger partial charge in [-0.25, -0.2) is 23.7 Å². The summed E-state index contributed by atoms with van der Waals surface area (Å²) in [6.45, 7) is 1.75. The van der Waals surface area contributed by atoms with Gasteiger partial charge in [0.05, 0.1) is 27.9 Å². The van der Waals surface area contributed by atoms with Crippen molar-refractivity contribution in [1.82, 2.24) is 15.0 Å². The van der Waals surface area contributed by atoms with Crippen molar-refractivity contribution in [2.45, 2.75) is 17.0 Å². The monoisotopic (exact) mass is 404 g/mol. The van der Waals surface area contributed by atoms with Crippen LogP contribution in [0.1, 0.15) is 11.3 Å². The van der Waals surface area contributed by atoms with E-state index in [4.69, 9.17) is 10.4 Å². The van der Waals surface area contributed by atoms with Crippen LogP contribution in [0.5, 0.6) is 0 Å². The van der Waals surface area contributed by atoms with Crippen molar-refractivity contribution in [3.8, 4) is 6.07 Å². The lowest BCUT2D eigenvalue weighted by atomic mass is 10.2. The molecule has 138 valence electrons. The number of imidazole rings is 1. The summed E-state index contributed by atoms with van der Waals surface area (Å²) in [6.07, 6.45) is 1.52. The number of nitrogens with one attached hydrogen (secondary N) is 2. The molecular weight excluding hydrogens is 391 g/mol. The fourth-order valence-electron chi connectivity index (χ4n) is 2.33. The van der Waals surface area contributed by atoms with Crippen molar-refractivity contribution < 1.29 is 13.4 Å². The number of aromatic nitrogens is 3. The number of aromatic amines is 1. The first-order valence-corrected chi connectivity index (χ1v) is 9.72. The summed E-state index contributed by atoms with van der Waals surface area (Å²) in [5.41, 5.74) is 2.55. The number of nitrogens with two attached hydrogens (primary N) is 1. The van der Waals surface area contributed by atoms with Crippen LogP contribution < -0.4 is 10.5 Å². The van der Waals surface area contributed by atoms with Gasteiger partial charge in [0, 0.05) is 11.3 Å². The van der Waals surface area contributed by atoms with Crippen molar-refractivity contribution in [2.75, 3.05) is 11.1 Å². The van der Waals surface area contributed by atoms with Crippen LogP contribution in [0.25, 0.3) is 11.0 Å². The molecule has 3 rings (SSSR count). The molecule has 0 fully saturated rings. The Morgan fingerprint density at radius 1 is 1.52 bits per heavy atom. The lowest BCUT2D eigenvalue weighted by Crippen LogP contribution is -2.15. The summed E-state index contributed by atoms with van der Waals surface area (Å²) in [5.74, 6) is -1.02. The van der Waals surface area contributed by atoms with Crippen molar-refractivity contribution in [3.63, 3.8) is 0 Å². The van der Waals surface area contributed by atoms with Crippen LogP contribution in [-0.2, 0) is 15.8 Å². The summed E-state index contributed by atoms with van der Waals surface area (Å²) in [4.78, 5) is 23.4. The number of fused-ring (bicyclic) bond motifs is 1. The predicted molar refractivity (Wildman–Crippen MR) is 99.7 cm³/mol. The van der Waals surface area contributed by atoms with Crippen LogP contribution in [0.4, 0.5) is 10.1 Å². The Hall–Kier alpha value is -2.81. The maximum atomic E-state index is 13.5. The Labute approximate surface area is 160 Å². The van der Waals surface area contributed by atoms with E-state index in [0.29, 0.717) is 33.1 Å². The Bertz CT molecular complexity index is 1110. The number of nitrogens with zero attached hydrogens (tertiary/aromatic N) is 3. The number of pyridine rings is 1. The molecule has 27 heavy (non-hydrogen) atoms. The van der Waals surface area contributed by atoms with Crippen molar-refractivity contribution >= 4 is 45.4 Å². The molecule has 1 atom stereocenters. The predicted octanol–water partition coefficient (Wildman–Crippen LogP) is 1.99. The molecule has 4 N–H and O–H groups in total. The van der Waals surface area contributed by atoms with Crippen LogP contribution in [0, 0.1) is 24.1 Å². The van der Waals surface area contributed by atoms with Crippen molar-refractivity contribution in [1.29, 1.82) is 5.26 Å². The summed E-state index contributed by atoms with van der Waals surface area (Å²) < 4.78 is 24.8. The van der Waals surface area contributed by atoms with E-state index in [1.807, 2.05) is 6.07 Å². The van der Waals surface area contributed by atoms with Gasteiger partial charge in [0.1, 0.15) is 28.6 Å². The van der Waals surface area contributed by atoms with E-state index in [9.17, 15) is 13.4 Å². The number of hydrogen-bond acceptors (Lipinski definition) is 6. The van der Waals surface area contributed by atoms with Gasteiger partial charge in [0.25, 0.3) is 0 Å². The summed E-state index contributed by atoms with van der Waals surface area (Å²) >= 11 is 1.16. The van der Waals surface area contributed by atoms with Crippen LogP contribution in [-0.4, -0.2) is 30.8 Å². The summed E-state index contributed by atoms with van der Waals surface area (Å²) in [5, 5.41) is 17.3. The zero-order valence-corrected chi connectivity index (χ0v) is 15.6. The third kappa shape index (κ3) is 4.13. The second kappa shape index (κ2) is 7.83. The molecule has 8 nitrogen and oxygen atoms in total. The van der Waals surface area contributed by atoms with Gasteiger partial charge in [0.15, 0.2) is 5.16 Å². The first-order valence-electron chi connectivity index (χ1n) is 7.53. The van der Waals surface area contributed by atoms with Gasteiger partial charge in [-0.2, -0.15) is 5.26 Å². The van der Waals surface area contributed by atoms with Crippen LogP contribution in [0.15, 0.2) is 34.4 Å². The molecule has 1 unspecified atom stereocenters. The van der Waals surface area contributed by atoms with Gasteiger partial charge in [-0.1, -0.05) is 11.8 Å². The molecule has 0 saturated carbocycles. The largest absolute Gasteiger partial charge is 0.332 e. The van der Waals surface area contributed by atoms with Gasteiger partial charge < -0.3 is 10.3 Å². The molecule has 0 radical (unpaired) electrons. The zero-order valence-electron chi connectivity index (χ0n) is 13.9. The molecule has 2 heterocycles. The van der Waals surface area contributed by atoms with Crippen molar-refractivity contribution in [3.05, 3.63) is 41.5 Å². The Morgan fingerprint density at radius 2 is 2.30 bits per heavy atom. The lowest BCUT2D eigenvalue weighted by molar-refractivity contribution is -0.113. The third-order valence-corrected chi connectivity index (χ3v) is 5.24. The number of carbonyl (C=O) groups is 1. The highest BCUT2D eigenvalue weighted by molar-refractivity contribution is 7.99. The van der Waals surface area contributed by atoms with Crippen molar-refractivity contribution in [2.24, 2.45) is 5.14 Å². The second-order valence-corrected chi connectivity index (χ2v) is 7.43. The number of halogens is 1. The fraction of sp³-hybridized carbons (Fsp3) is 0.125. The molecule has 0 bridgehead atoms. The summed E-state index contributed by atoms with van der Waals surface area (Å²) in [7, 11) is -1.99. The second-order valence-electron chi connectivity index (χ2n) is 5.43. The number of hydrogen-bond donors (Lipinski definition) is 3. The molecule has 0 aliphatic carbocycles. The Kier molecular flexibility index (Phi) is 5.50. The van der Waals surface area contributed by atoms with E-state index < -0.39 is 16.8 Å². The maximum absolute atomic E-state index is 13.5. The molecule has 1 aromatic carbocycles. The Morgan fingerprint density at radius 3 is 3.00 bits per heavy atom. The molecule has 0 spiro atoms. The molecular formula is C16H13FN6O2S2. The molecule has 1 amide bonds. The third-order valence-electron chi connectivity index (χ3n) is 3.62. The highest BCUT2D eigenvalue weighted by Crippen LogP contribution is 2.23. The number of benzene rings is 1. The molecule has 11 heteroatoms. The maximum Gasteiger partial charge on any atom is 0.234 e. The molecule has 2 aromatic heterocycles. The first-order chi connectivity index (χ1) is 12.9. The van der Waals surface area contributed by atoms with Gasteiger partial charge in [-0.05, 0) is 25.1 Å². The van der Waals surface area contributed by atoms with Gasteiger partial charge in [-0.3, -0.25) is 4.79 Å². The van der Waals surface area contributed by atoms with Crippen LogP contribution in [0.3, 0.4) is 0 Å². The normalized spacial score (nSPS) is 11.9. The minimum absolute atomic E-state index is 0.0375. The van der Waals surface area contributed by atoms with E-state index in [1.54, 1.807) is 6.92 Å². The summed E-state index contributed by atoms with van der Waals surface area (Å²) in [6, 6.07) is 5.67. The highest BCUT2D eigenvalue weighted by Gasteiger charge is 2.13. The van der Waals surface area contributed by atoms with E-state index in [2.05, 4.69) is 20.3 Å². The molecule has 0 aliphatic rings. The van der Waals surface area contributed by atoms with Crippen LogP contribution >= 0.6 is 11.8 Å². The lowest BCUT2D eigenvalue weighted by Gasteiger charge is -2.06. The average Bonchev–Trinajstić information content (AvgIpc) is 3.06. The van der Waals surface area contributed by atoms with E-state index in [0.717, 1.165) is 17.8 Å². The molecule has 0 saturated heterocycles. The minimum atomic E-state index is -1.99. The number of rotatable bonds is 5. The topological polar surface area (TPSA) is 138 Å². The van der Waals surface area contributed by atoms with Gasteiger partial charge >= 0.3 is 0 Å². The van der Waals surface area contributed by atoms with Gasteiger partial charge in [-0.15, -0.1) is 0 Å². The fourth-order valence-corrected chi connectivity index (χ4v) is 3.51. The van der Waals surface area contributed by atoms with Gasteiger partial charge in [0.2, 0.25) is 5.91 Å². The Balaban J connectivity index is 1.68. The van der Waals surface area contributed by atoms with Crippen LogP contribution in [0.2, 0.25) is 0 Å². The number of thioether (sulfide) groups is 1. The SMILES string of the molecule is Cc1c(C#N)ncc2[nH]c(SCC(=O)Nc3ccc(F)c(S(N)=O)c3)nc12. The number of anilines is 1. The van der Waals surface area contributed by atoms with E-state index in [1.165, 1.54) is 18.3 Å². The number of aryl methyl sites for hydroxylation is 1. The minimum Gasteiger partial charge on any atom is -0.332 e. The number of nitriles is 1. The quantitative estimate of drug-likeness (QED) is 0.556. The molecule has 3 aromatic rings. The smallest absolute Gasteiger partial charge is 0.234 e. The zero-order chi connectivity index (χ0) is 19.6. The number of carbonyl (C=O) groups excluding carboxylic acids is 1. The first kappa shape index (κ1) is 19.0. The molecule has 0 aliphatic heterocycles. The van der Waals surface area contributed by atoms with E-state index >= 15 is 0 Å². The highest BCUT2D eigenvalue weighted by atomic mass is 32.2. The standard InChI is InChI=1S/C16H13FN6O2S2/c1-8-11(5-18)20-6-12-15(8)23-16(22-12)26-7-14(24)21-9-2-3-10(17)13(4-9)27(19)25/h2-4,6H,7,19H2,1H3,(H,21,24)(H,22,23). The number of H-pyrrole nitrogens is 1. The van der Waals surface area contributed by atoms with E-state index in [-0.39, 0.29) is 16.6 Å². The number of amides is 1.